The molecule has 0 radical (unpaired) electrons. The lowest BCUT2D eigenvalue weighted by atomic mass is 10.2. The first kappa shape index (κ1) is 19.3. The Labute approximate surface area is 146 Å². The molecule has 1 amide bonds. The third-order valence-electron chi connectivity index (χ3n) is 4.24. The summed E-state index contributed by atoms with van der Waals surface area (Å²) < 4.78 is 38.7. The summed E-state index contributed by atoms with van der Waals surface area (Å²) in [6.45, 7) is 0.524. The van der Waals surface area contributed by atoms with Crippen LogP contribution in [0.4, 0.5) is 4.39 Å². The highest BCUT2D eigenvalue weighted by Gasteiger charge is 2.33. The second-order valence-corrected chi connectivity index (χ2v) is 8.01. The van der Waals surface area contributed by atoms with Gasteiger partial charge in [0.2, 0.25) is 15.9 Å². The average molecular weight is 372 g/mol. The summed E-state index contributed by atoms with van der Waals surface area (Å²) >= 11 is 0. The van der Waals surface area contributed by atoms with Gasteiger partial charge in [-0.2, -0.15) is 0 Å². The Hall–Kier alpha value is -2.00. The smallest absolute Gasteiger partial charge is 0.326 e. The van der Waals surface area contributed by atoms with Gasteiger partial charge in [0.05, 0.1) is 4.90 Å². The minimum Gasteiger partial charge on any atom is -0.480 e. The predicted molar refractivity (Wildman–Crippen MR) is 87.8 cm³/mol. The molecule has 1 unspecified atom stereocenters. The van der Waals surface area contributed by atoms with Gasteiger partial charge in [0.25, 0.3) is 0 Å². The van der Waals surface area contributed by atoms with Gasteiger partial charge in [-0.3, -0.25) is 4.79 Å². The molecule has 1 atom stereocenters. The van der Waals surface area contributed by atoms with E-state index in [-0.39, 0.29) is 30.2 Å². The van der Waals surface area contributed by atoms with Gasteiger partial charge in [0, 0.05) is 26.6 Å². The van der Waals surface area contributed by atoms with Crippen LogP contribution in [0.5, 0.6) is 0 Å². The van der Waals surface area contributed by atoms with Crippen LogP contribution in [0.25, 0.3) is 0 Å². The van der Waals surface area contributed by atoms with Gasteiger partial charge >= 0.3 is 5.97 Å². The summed E-state index contributed by atoms with van der Waals surface area (Å²) in [5.74, 6) is -1.81. The van der Waals surface area contributed by atoms with Crippen LogP contribution in [-0.4, -0.2) is 60.8 Å². The second kappa shape index (κ2) is 7.92. The fourth-order valence-electron chi connectivity index (χ4n) is 2.83. The van der Waals surface area contributed by atoms with E-state index in [1.165, 1.54) is 24.1 Å². The number of likely N-dealkylation sites (tertiary alicyclic amines) is 1. The molecule has 25 heavy (non-hydrogen) atoms. The molecule has 1 aromatic carbocycles. The first-order valence-electron chi connectivity index (χ1n) is 7.97. The molecule has 0 bridgehead atoms. The molecule has 1 aliphatic rings. The first-order valence-corrected chi connectivity index (χ1v) is 9.41. The van der Waals surface area contributed by atoms with E-state index < -0.39 is 27.9 Å². The van der Waals surface area contributed by atoms with E-state index >= 15 is 0 Å². The number of aliphatic carboxylic acids is 1. The zero-order valence-electron chi connectivity index (χ0n) is 13.9. The van der Waals surface area contributed by atoms with Crippen LogP contribution < -0.4 is 0 Å². The van der Waals surface area contributed by atoms with E-state index in [2.05, 4.69) is 0 Å². The predicted octanol–water partition coefficient (Wildman–Crippen LogP) is 1.30. The molecule has 9 heteroatoms. The maximum Gasteiger partial charge on any atom is 0.326 e. The van der Waals surface area contributed by atoms with Crippen LogP contribution in [-0.2, 0) is 19.6 Å². The SMILES string of the molecule is CN(CCCC(=O)N1CCCC1C(=O)O)S(=O)(=O)c1ccc(F)cc1. The van der Waals surface area contributed by atoms with E-state index in [4.69, 9.17) is 5.11 Å². The normalized spacial score (nSPS) is 17.9. The van der Waals surface area contributed by atoms with Crippen molar-refractivity contribution in [1.29, 1.82) is 0 Å². The number of carbonyl (C=O) groups excluding carboxylic acids is 1. The maximum absolute atomic E-state index is 12.9. The number of benzene rings is 1. The largest absolute Gasteiger partial charge is 0.480 e. The van der Waals surface area contributed by atoms with Crippen molar-refractivity contribution in [2.24, 2.45) is 0 Å². The highest BCUT2D eigenvalue weighted by atomic mass is 32.2. The monoisotopic (exact) mass is 372 g/mol. The second-order valence-electron chi connectivity index (χ2n) is 5.97. The number of sulfonamides is 1. The van der Waals surface area contributed by atoms with Crippen LogP contribution in [0.3, 0.4) is 0 Å². The molecule has 1 aromatic rings. The number of nitrogens with zero attached hydrogens (tertiary/aromatic N) is 2. The third kappa shape index (κ3) is 4.55. The van der Waals surface area contributed by atoms with Crippen molar-refractivity contribution in [2.75, 3.05) is 20.1 Å². The fourth-order valence-corrected chi connectivity index (χ4v) is 4.03. The van der Waals surface area contributed by atoms with Crippen molar-refractivity contribution in [3.63, 3.8) is 0 Å². The number of hydrogen-bond donors (Lipinski definition) is 1. The van der Waals surface area contributed by atoms with Crippen molar-refractivity contribution in [1.82, 2.24) is 9.21 Å². The Morgan fingerprint density at radius 1 is 1.32 bits per heavy atom. The summed E-state index contributed by atoms with van der Waals surface area (Å²) in [7, 11) is -2.36. The van der Waals surface area contributed by atoms with E-state index in [1.54, 1.807) is 0 Å². The highest BCUT2D eigenvalue weighted by molar-refractivity contribution is 7.89. The fraction of sp³-hybridized carbons (Fsp3) is 0.500. The lowest BCUT2D eigenvalue weighted by molar-refractivity contribution is -0.148. The van der Waals surface area contributed by atoms with Crippen molar-refractivity contribution in [3.05, 3.63) is 30.1 Å². The average Bonchev–Trinajstić information content (AvgIpc) is 3.05. The molecule has 2 rings (SSSR count). The number of carbonyl (C=O) groups is 2. The van der Waals surface area contributed by atoms with E-state index in [1.807, 2.05) is 0 Å². The van der Waals surface area contributed by atoms with E-state index in [0.717, 1.165) is 16.4 Å². The first-order chi connectivity index (χ1) is 11.7. The van der Waals surface area contributed by atoms with Crippen LogP contribution in [0.2, 0.25) is 0 Å². The molecule has 0 spiro atoms. The number of carboxylic acids is 1. The summed E-state index contributed by atoms with van der Waals surface area (Å²) in [6, 6.07) is 3.74. The standard InChI is InChI=1S/C16H21FN2O5S/c1-18(25(23,24)13-8-6-12(17)7-9-13)10-3-5-15(20)19-11-2-4-14(19)16(21)22/h6-9,14H,2-5,10-11H2,1H3,(H,21,22). The molecule has 1 saturated heterocycles. The Morgan fingerprint density at radius 3 is 2.56 bits per heavy atom. The summed E-state index contributed by atoms with van der Waals surface area (Å²) in [5.41, 5.74) is 0. The van der Waals surface area contributed by atoms with Crippen LogP contribution in [0.1, 0.15) is 25.7 Å². The molecule has 1 aliphatic heterocycles. The molecule has 0 aromatic heterocycles. The van der Waals surface area contributed by atoms with Gasteiger partial charge in [-0.1, -0.05) is 0 Å². The topological polar surface area (TPSA) is 95.0 Å². The van der Waals surface area contributed by atoms with Crippen molar-refractivity contribution in [3.8, 4) is 0 Å². The number of halogens is 1. The Balaban J connectivity index is 1.89. The van der Waals surface area contributed by atoms with Gasteiger partial charge in [-0.15, -0.1) is 0 Å². The molecule has 1 heterocycles. The maximum atomic E-state index is 12.9. The quantitative estimate of drug-likeness (QED) is 0.778. The minimum atomic E-state index is -3.75. The van der Waals surface area contributed by atoms with E-state index in [9.17, 15) is 22.4 Å². The molecular formula is C16H21FN2O5S. The van der Waals surface area contributed by atoms with Crippen LogP contribution >= 0.6 is 0 Å². The number of carboxylic acid groups (broad SMARTS) is 1. The summed E-state index contributed by atoms with van der Waals surface area (Å²) in [4.78, 5) is 24.6. The Kier molecular flexibility index (Phi) is 6.12. The van der Waals surface area contributed by atoms with E-state index in [0.29, 0.717) is 19.4 Å². The molecular weight excluding hydrogens is 351 g/mol. The van der Waals surface area contributed by atoms with Crippen molar-refractivity contribution in [2.45, 2.75) is 36.6 Å². The summed E-state index contributed by atoms with van der Waals surface area (Å²) in [5, 5.41) is 9.09. The molecule has 1 fully saturated rings. The molecule has 0 aliphatic carbocycles. The lowest BCUT2D eigenvalue weighted by Gasteiger charge is -2.22. The van der Waals surface area contributed by atoms with Gasteiger partial charge in [-0.25, -0.2) is 21.9 Å². The molecule has 1 N–H and O–H groups in total. The highest BCUT2D eigenvalue weighted by Crippen LogP contribution is 2.20. The number of amides is 1. The van der Waals surface area contributed by atoms with Crippen LogP contribution in [0, 0.1) is 5.82 Å². The van der Waals surface area contributed by atoms with Crippen molar-refractivity contribution >= 4 is 21.9 Å². The number of rotatable bonds is 7. The van der Waals surface area contributed by atoms with Gasteiger partial charge in [0.1, 0.15) is 11.9 Å². The Morgan fingerprint density at radius 2 is 1.96 bits per heavy atom. The zero-order valence-corrected chi connectivity index (χ0v) is 14.7. The van der Waals surface area contributed by atoms with Gasteiger partial charge in [-0.05, 0) is 43.5 Å². The Bertz CT molecular complexity index is 735. The number of hydrogen-bond acceptors (Lipinski definition) is 4. The van der Waals surface area contributed by atoms with Gasteiger partial charge in [0.15, 0.2) is 0 Å². The van der Waals surface area contributed by atoms with Crippen LogP contribution in [0.15, 0.2) is 29.2 Å². The summed E-state index contributed by atoms with van der Waals surface area (Å²) in [6.07, 6.45) is 1.45. The lowest BCUT2D eigenvalue weighted by Crippen LogP contribution is -2.40. The van der Waals surface area contributed by atoms with Gasteiger partial charge < -0.3 is 10.0 Å². The zero-order chi connectivity index (χ0) is 18.6. The molecule has 7 nitrogen and oxygen atoms in total. The minimum absolute atomic E-state index is 0.0202. The molecule has 138 valence electrons. The molecule has 0 saturated carbocycles. The van der Waals surface area contributed by atoms with Crippen molar-refractivity contribution < 1.29 is 27.5 Å². The third-order valence-corrected chi connectivity index (χ3v) is 6.11.